The summed E-state index contributed by atoms with van der Waals surface area (Å²) < 4.78 is 5.51. The Kier molecular flexibility index (Phi) is 4.28. The smallest absolute Gasteiger partial charge is 0.138 e. The van der Waals surface area contributed by atoms with Gasteiger partial charge < -0.3 is 10.1 Å². The zero-order valence-electron chi connectivity index (χ0n) is 10.1. The molecule has 0 aromatic carbocycles. The first kappa shape index (κ1) is 12.3. The molecule has 0 fully saturated rings. The molecule has 0 aliphatic heterocycles. The molecule has 0 aliphatic carbocycles. The summed E-state index contributed by atoms with van der Waals surface area (Å²) in [5.41, 5.74) is 0. The summed E-state index contributed by atoms with van der Waals surface area (Å²) in [6.45, 7) is 6.57. The van der Waals surface area contributed by atoms with Crippen LogP contribution in [0.2, 0.25) is 0 Å². The fourth-order valence-corrected chi connectivity index (χ4v) is 2.22. The van der Waals surface area contributed by atoms with Crippen molar-refractivity contribution in [2.45, 2.75) is 13.8 Å². The maximum Gasteiger partial charge on any atom is 0.138 e. The van der Waals surface area contributed by atoms with Gasteiger partial charge in [-0.3, -0.25) is 0 Å². The first-order chi connectivity index (χ1) is 8.27. The van der Waals surface area contributed by atoms with Crippen LogP contribution in [0.4, 0.5) is 5.82 Å². The summed E-state index contributed by atoms with van der Waals surface area (Å²) in [5.74, 6) is 1.47. The van der Waals surface area contributed by atoms with Gasteiger partial charge in [0, 0.05) is 13.2 Å². The maximum absolute atomic E-state index is 5.51. The minimum atomic E-state index is 0.581. The van der Waals surface area contributed by atoms with Gasteiger partial charge in [0.05, 0.1) is 12.0 Å². The molecule has 2 heterocycles. The van der Waals surface area contributed by atoms with Gasteiger partial charge in [-0.2, -0.15) is 0 Å². The zero-order valence-corrected chi connectivity index (χ0v) is 11.0. The summed E-state index contributed by atoms with van der Waals surface area (Å²) >= 11 is 1.63. The molecule has 0 bridgehead atoms. The number of aromatic nitrogens is 2. The highest BCUT2D eigenvalue weighted by Crippen LogP contribution is 2.23. The van der Waals surface area contributed by atoms with Crippen LogP contribution < -0.4 is 5.32 Å². The average molecular weight is 251 g/mol. The highest BCUT2D eigenvalue weighted by Gasteiger charge is 2.03. The van der Waals surface area contributed by atoms with Crippen molar-refractivity contribution >= 4 is 27.4 Å². The molecule has 2 aromatic rings. The van der Waals surface area contributed by atoms with E-state index in [0.717, 1.165) is 29.2 Å². The third-order valence-electron chi connectivity index (χ3n) is 2.25. The number of fused-ring (bicyclic) bond motifs is 1. The Morgan fingerprint density at radius 2 is 2.29 bits per heavy atom. The van der Waals surface area contributed by atoms with Crippen molar-refractivity contribution in [3.63, 3.8) is 0 Å². The third kappa shape index (κ3) is 3.38. The number of thiophene rings is 1. The Balaban J connectivity index is 1.84. The zero-order chi connectivity index (χ0) is 12.1. The van der Waals surface area contributed by atoms with E-state index in [1.54, 1.807) is 17.7 Å². The predicted molar refractivity (Wildman–Crippen MR) is 71.6 cm³/mol. The van der Waals surface area contributed by atoms with Gasteiger partial charge in [-0.15, -0.1) is 11.3 Å². The molecule has 0 atom stereocenters. The fraction of sp³-hybridized carbons (Fsp3) is 0.500. The summed E-state index contributed by atoms with van der Waals surface area (Å²) in [4.78, 5) is 9.47. The Bertz CT molecular complexity index is 469. The molecule has 0 amide bonds. The fourth-order valence-electron chi connectivity index (χ4n) is 1.49. The van der Waals surface area contributed by atoms with Crippen LogP contribution in [-0.4, -0.2) is 29.7 Å². The summed E-state index contributed by atoms with van der Waals surface area (Å²) in [6.07, 6.45) is 1.59. The van der Waals surface area contributed by atoms with Gasteiger partial charge in [0.1, 0.15) is 17.0 Å². The van der Waals surface area contributed by atoms with Gasteiger partial charge in [-0.05, 0) is 17.4 Å². The first-order valence-corrected chi connectivity index (χ1v) is 6.65. The van der Waals surface area contributed by atoms with E-state index in [1.807, 2.05) is 11.4 Å². The van der Waals surface area contributed by atoms with E-state index in [4.69, 9.17) is 4.74 Å². The summed E-state index contributed by atoms with van der Waals surface area (Å²) in [7, 11) is 0. The van der Waals surface area contributed by atoms with Gasteiger partial charge in [0.2, 0.25) is 0 Å². The quantitative estimate of drug-likeness (QED) is 0.802. The molecule has 2 rings (SSSR count). The molecule has 92 valence electrons. The second kappa shape index (κ2) is 5.93. The highest BCUT2D eigenvalue weighted by atomic mass is 32.1. The molecule has 1 N–H and O–H groups in total. The number of anilines is 1. The summed E-state index contributed by atoms with van der Waals surface area (Å²) in [5, 5.41) is 6.39. The second-order valence-electron chi connectivity index (χ2n) is 4.26. The molecule has 0 aliphatic rings. The number of hydrogen-bond donors (Lipinski definition) is 1. The van der Waals surface area contributed by atoms with Crippen molar-refractivity contribution in [3.8, 4) is 0 Å². The van der Waals surface area contributed by atoms with Crippen molar-refractivity contribution in [3.05, 3.63) is 17.8 Å². The molecule has 0 spiro atoms. The van der Waals surface area contributed by atoms with Crippen LogP contribution in [0.3, 0.4) is 0 Å². The molecule has 4 nitrogen and oxygen atoms in total. The average Bonchev–Trinajstić information content (AvgIpc) is 2.77. The van der Waals surface area contributed by atoms with Gasteiger partial charge >= 0.3 is 0 Å². The van der Waals surface area contributed by atoms with Gasteiger partial charge in [0.25, 0.3) is 0 Å². The van der Waals surface area contributed by atoms with E-state index >= 15 is 0 Å². The lowest BCUT2D eigenvalue weighted by Gasteiger charge is -2.08. The van der Waals surface area contributed by atoms with Crippen molar-refractivity contribution in [2.24, 2.45) is 5.92 Å². The molecular formula is C12H17N3OS. The normalized spacial score (nSPS) is 11.2. The van der Waals surface area contributed by atoms with Gasteiger partial charge in [0.15, 0.2) is 0 Å². The van der Waals surface area contributed by atoms with Crippen molar-refractivity contribution in [2.75, 3.05) is 25.1 Å². The van der Waals surface area contributed by atoms with Crippen LogP contribution in [0, 0.1) is 5.92 Å². The number of nitrogens with zero attached hydrogens (tertiary/aromatic N) is 2. The van der Waals surface area contributed by atoms with E-state index in [1.165, 1.54) is 0 Å². The SMILES string of the molecule is CC(C)COCCNc1ncnc2sccc12. The largest absolute Gasteiger partial charge is 0.379 e. The monoisotopic (exact) mass is 251 g/mol. The molecule has 0 saturated heterocycles. The van der Waals surface area contributed by atoms with Gasteiger partial charge in [-0.1, -0.05) is 13.8 Å². The van der Waals surface area contributed by atoms with Crippen LogP contribution in [0.1, 0.15) is 13.8 Å². The third-order valence-corrected chi connectivity index (χ3v) is 3.07. The Hall–Kier alpha value is -1.20. The van der Waals surface area contributed by atoms with Crippen LogP contribution in [-0.2, 0) is 4.74 Å². The molecule has 2 aromatic heterocycles. The van der Waals surface area contributed by atoms with E-state index in [2.05, 4.69) is 29.1 Å². The van der Waals surface area contributed by atoms with E-state index < -0.39 is 0 Å². The minimum Gasteiger partial charge on any atom is -0.379 e. The summed E-state index contributed by atoms with van der Waals surface area (Å²) in [6, 6.07) is 2.04. The number of hydrogen-bond acceptors (Lipinski definition) is 5. The molecule has 0 radical (unpaired) electrons. The van der Waals surface area contributed by atoms with E-state index in [-0.39, 0.29) is 0 Å². The Labute approximate surface area is 105 Å². The van der Waals surface area contributed by atoms with Crippen LogP contribution >= 0.6 is 11.3 Å². The predicted octanol–water partition coefficient (Wildman–Crippen LogP) is 2.78. The van der Waals surface area contributed by atoms with Crippen molar-refractivity contribution in [1.29, 1.82) is 0 Å². The maximum atomic E-state index is 5.51. The molecule has 17 heavy (non-hydrogen) atoms. The van der Waals surface area contributed by atoms with Crippen LogP contribution in [0.25, 0.3) is 10.2 Å². The molecule has 0 unspecified atom stereocenters. The number of rotatable bonds is 6. The highest BCUT2D eigenvalue weighted by molar-refractivity contribution is 7.16. The Morgan fingerprint density at radius 1 is 1.41 bits per heavy atom. The topological polar surface area (TPSA) is 47.0 Å². The lowest BCUT2D eigenvalue weighted by atomic mass is 10.2. The van der Waals surface area contributed by atoms with E-state index in [0.29, 0.717) is 12.5 Å². The van der Waals surface area contributed by atoms with Crippen molar-refractivity contribution in [1.82, 2.24) is 9.97 Å². The number of nitrogens with one attached hydrogen (secondary N) is 1. The first-order valence-electron chi connectivity index (χ1n) is 5.77. The molecule has 0 saturated carbocycles. The Morgan fingerprint density at radius 3 is 3.12 bits per heavy atom. The second-order valence-corrected chi connectivity index (χ2v) is 5.15. The minimum absolute atomic E-state index is 0.581. The van der Waals surface area contributed by atoms with Crippen molar-refractivity contribution < 1.29 is 4.74 Å². The standard InChI is InChI=1S/C12H17N3OS/c1-9(2)7-16-5-4-13-11-10-3-6-17-12(10)15-8-14-11/h3,6,8-9H,4-5,7H2,1-2H3,(H,13,14,15). The van der Waals surface area contributed by atoms with E-state index in [9.17, 15) is 0 Å². The molecular weight excluding hydrogens is 234 g/mol. The lowest BCUT2D eigenvalue weighted by molar-refractivity contribution is 0.118. The molecule has 5 heteroatoms. The lowest BCUT2D eigenvalue weighted by Crippen LogP contribution is -2.12. The van der Waals surface area contributed by atoms with Crippen LogP contribution in [0.15, 0.2) is 17.8 Å². The van der Waals surface area contributed by atoms with Crippen LogP contribution in [0.5, 0.6) is 0 Å². The van der Waals surface area contributed by atoms with Gasteiger partial charge in [-0.25, -0.2) is 9.97 Å². The number of ether oxygens (including phenoxy) is 1.